The molecule has 2 bridgehead atoms. The minimum Gasteiger partial charge on any atom is -0.497 e. The molecule has 0 spiro atoms. The molecule has 1 aromatic rings. The molecule has 2 fully saturated rings. The summed E-state index contributed by atoms with van der Waals surface area (Å²) >= 11 is 0. The van der Waals surface area contributed by atoms with Gasteiger partial charge in [0.1, 0.15) is 11.3 Å². The number of ether oxygens (including phenoxy) is 1. The summed E-state index contributed by atoms with van der Waals surface area (Å²) < 4.78 is 5.16. The van der Waals surface area contributed by atoms with Gasteiger partial charge >= 0.3 is 6.03 Å². The number of benzene rings is 1. The van der Waals surface area contributed by atoms with E-state index in [1.807, 2.05) is 0 Å². The van der Waals surface area contributed by atoms with Crippen LogP contribution in [0.15, 0.2) is 41.0 Å². The molecule has 5 rings (SSSR count). The number of methoxy groups -OCH3 is 1. The van der Waals surface area contributed by atoms with E-state index in [-0.39, 0.29) is 11.3 Å². The topological polar surface area (TPSA) is 71.0 Å². The zero-order valence-electron chi connectivity index (χ0n) is 16.2. The monoisotopic (exact) mass is 367 g/mol. The van der Waals surface area contributed by atoms with Crippen LogP contribution in [0.1, 0.15) is 39.2 Å². The number of hydrogen-bond acceptors (Lipinski definition) is 4. The number of hydrazone groups is 1. The van der Waals surface area contributed by atoms with E-state index < -0.39 is 11.6 Å². The molecule has 6 heteroatoms. The van der Waals surface area contributed by atoms with Crippen molar-refractivity contribution in [2.45, 2.75) is 39.2 Å². The number of rotatable bonds is 4. The van der Waals surface area contributed by atoms with E-state index in [0.717, 1.165) is 29.3 Å². The maximum Gasteiger partial charge on any atom is 0.346 e. The number of imide groups is 1. The van der Waals surface area contributed by atoms with Gasteiger partial charge in [-0.1, -0.05) is 32.1 Å². The fourth-order valence-electron chi connectivity index (χ4n) is 4.52. The highest BCUT2D eigenvalue weighted by Gasteiger charge is 2.52. The molecule has 1 saturated carbocycles. The first-order valence-electron chi connectivity index (χ1n) is 9.32. The lowest BCUT2D eigenvalue weighted by molar-refractivity contribution is -0.131. The van der Waals surface area contributed by atoms with E-state index in [4.69, 9.17) is 4.74 Å². The van der Waals surface area contributed by atoms with Crippen LogP contribution in [0.4, 0.5) is 4.79 Å². The lowest BCUT2D eigenvalue weighted by Gasteiger charge is -2.55. The fourth-order valence-corrected chi connectivity index (χ4v) is 4.52. The smallest absolute Gasteiger partial charge is 0.346 e. The van der Waals surface area contributed by atoms with Crippen molar-refractivity contribution in [3.8, 4) is 5.75 Å². The van der Waals surface area contributed by atoms with Crippen LogP contribution in [-0.2, 0) is 10.3 Å². The second kappa shape index (κ2) is 5.94. The number of nitrogens with zero attached hydrogens (tertiary/aromatic N) is 2. The Bertz CT molecular complexity index is 856. The number of urea groups is 1. The van der Waals surface area contributed by atoms with Gasteiger partial charge in [0.2, 0.25) is 0 Å². The van der Waals surface area contributed by atoms with Gasteiger partial charge in [0, 0.05) is 0 Å². The lowest BCUT2D eigenvalue weighted by Crippen LogP contribution is -2.48. The zero-order chi connectivity index (χ0) is 19.4. The molecule has 3 aliphatic carbocycles. The lowest BCUT2D eigenvalue weighted by atomic mass is 9.49. The summed E-state index contributed by atoms with van der Waals surface area (Å²) in [6.45, 7) is 6.26. The number of nitrogens with one attached hydrogen (secondary N) is 1. The maximum atomic E-state index is 13.0. The number of carbonyl (C=O) groups excluding carboxylic acids is 2. The first kappa shape index (κ1) is 17.8. The first-order valence-corrected chi connectivity index (χ1v) is 9.32. The predicted molar refractivity (Wildman–Crippen MR) is 102 cm³/mol. The molecule has 1 aromatic carbocycles. The minimum atomic E-state index is -1.14. The molecule has 0 unspecified atom stereocenters. The number of fused-ring (bicyclic) bond motifs is 1. The summed E-state index contributed by atoms with van der Waals surface area (Å²) in [6, 6.07) is 6.61. The average molecular weight is 367 g/mol. The number of hydrogen-bond donors (Lipinski definition) is 1. The largest absolute Gasteiger partial charge is 0.497 e. The van der Waals surface area contributed by atoms with Gasteiger partial charge in [-0.05, 0) is 60.3 Å². The molecule has 0 radical (unpaired) electrons. The summed E-state index contributed by atoms with van der Waals surface area (Å²) in [7, 11) is 1.58. The van der Waals surface area contributed by atoms with Gasteiger partial charge in [-0.15, -0.1) is 5.01 Å². The Labute approximate surface area is 159 Å². The molecule has 1 aliphatic heterocycles. The van der Waals surface area contributed by atoms with E-state index >= 15 is 0 Å². The van der Waals surface area contributed by atoms with E-state index in [2.05, 4.69) is 30.3 Å². The van der Waals surface area contributed by atoms with Crippen LogP contribution in [-0.4, -0.2) is 30.3 Å². The van der Waals surface area contributed by atoms with E-state index in [1.54, 1.807) is 44.5 Å². The normalized spacial score (nSPS) is 31.6. The van der Waals surface area contributed by atoms with Crippen LogP contribution >= 0.6 is 0 Å². The molecule has 3 atom stereocenters. The quantitative estimate of drug-likeness (QED) is 0.655. The molecule has 27 heavy (non-hydrogen) atoms. The molecule has 3 amide bonds. The third-order valence-electron chi connectivity index (χ3n) is 6.67. The third-order valence-corrected chi connectivity index (χ3v) is 6.67. The van der Waals surface area contributed by atoms with E-state index in [9.17, 15) is 9.59 Å². The Morgan fingerprint density at radius 1 is 1.22 bits per heavy atom. The standard InChI is InChI=1S/C21H25N3O3/c1-20(2)15-6-5-13(17(20)11-15)12-22-24-18(25)21(3,23-19(24)26)14-7-9-16(27-4)10-8-14/h5,7-10,12,15,17H,6,11H2,1-4H3,(H,23,26)/b22-12+/t15-,17+,21+/m0/s1. The zero-order valence-corrected chi connectivity index (χ0v) is 16.2. The highest BCUT2D eigenvalue weighted by molar-refractivity contribution is 6.07. The van der Waals surface area contributed by atoms with Crippen molar-refractivity contribution in [2.24, 2.45) is 22.4 Å². The van der Waals surface area contributed by atoms with Crippen molar-refractivity contribution in [1.82, 2.24) is 10.3 Å². The summed E-state index contributed by atoms with van der Waals surface area (Å²) in [5.74, 6) is 1.50. The van der Waals surface area contributed by atoms with Crippen LogP contribution in [0.25, 0.3) is 0 Å². The molecular formula is C21H25N3O3. The summed E-state index contributed by atoms with van der Waals surface area (Å²) in [5, 5.41) is 7.98. The van der Waals surface area contributed by atoms with Crippen molar-refractivity contribution in [3.63, 3.8) is 0 Å². The number of amides is 3. The third kappa shape index (κ3) is 2.58. The van der Waals surface area contributed by atoms with Gasteiger partial charge in [-0.25, -0.2) is 4.79 Å². The van der Waals surface area contributed by atoms with Crippen LogP contribution < -0.4 is 10.1 Å². The Kier molecular flexibility index (Phi) is 3.91. The maximum absolute atomic E-state index is 13.0. The van der Waals surface area contributed by atoms with Crippen molar-refractivity contribution >= 4 is 18.2 Å². The average Bonchev–Trinajstić information content (AvgIpc) is 2.89. The Morgan fingerprint density at radius 3 is 2.52 bits per heavy atom. The van der Waals surface area contributed by atoms with Crippen LogP contribution in [0.3, 0.4) is 0 Å². The van der Waals surface area contributed by atoms with Gasteiger partial charge in [-0.2, -0.15) is 5.10 Å². The molecule has 142 valence electrons. The first-order chi connectivity index (χ1) is 12.8. The molecular weight excluding hydrogens is 342 g/mol. The molecule has 6 nitrogen and oxygen atoms in total. The van der Waals surface area contributed by atoms with Gasteiger partial charge in [0.15, 0.2) is 0 Å². The van der Waals surface area contributed by atoms with E-state index in [0.29, 0.717) is 17.2 Å². The number of allylic oxidation sites excluding steroid dienone is 2. The number of carbonyl (C=O) groups is 2. The summed E-state index contributed by atoms with van der Waals surface area (Å²) in [6.07, 6.45) is 6.08. The van der Waals surface area contributed by atoms with Crippen LogP contribution in [0.2, 0.25) is 0 Å². The van der Waals surface area contributed by atoms with Crippen molar-refractivity contribution in [2.75, 3.05) is 7.11 Å². The van der Waals surface area contributed by atoms with Gasteiger partial charge in [0.05, 0.1) is 13.3 Å². The van der Waals surface area contributed by atoms with Crippen LogP contribution in [0.5, 0.6) is 5.75 Å². The Hall–Kier alpha value is -2.63. The van der Waals surface area contributed by atoms with Crippen molar-refractivity contribution in [3.05, 3.63) is 41.5 Å². The molecule has 4 aliphatic rings. The molecule has 1 saturated heterocycles. The second-order valence-electron chi connectivity index (χ2n) is 8.39. The highest BCUT2D eigenvalue weighted by atomic mass is 16.5. The second-order valence-corrected chi connectivity index (χ2v) is 8.39. The van der Waals surface area contributed by atoms with Crippen molar-refractivity contribution < 1.29 is 14.3 Å². The van der Waals surface area contributed by atoms with Gasteiger partial charge in [-0.3, -0.25) is 4.79 Å². The van der Waals surface area contributed by atoms with E-state index in [1.165, 1.54) is 0 Å². The predicted octanol–water partition coefficient (Wildman–Crippen LogP) is 3.44. The Morgan fingerprint density at radius 2 is 1.93 bits per heavy atom. The highest BCUT2D eigenvalue weighted by Crippen LogP contribution is 2.58. The SMILES string of the molecule is COc1ccc([C@@]2(C)NC(=O)N(/N=C/C3=CC[C@H]4C[C@H]3C4(C)C)C2=O)cc1. The van der Waals surface area contributed by atoms with Gasteiger partial charge in [0.25, 0.3) is 5.91 Å². The van der Waals surface area contributed by atoms with Gasteiger partial charge < -0.3 is 10.1 Å². The molecule has 1 heterocycles. The summed E-state index contributed by atoms with van der Waals surface area (Å²) in [4.78, 5) is 25.4. The van der Waals surface area contributed by atoms with Crippen LogP contribution in [0, 0.1) is 17.3 Å². The Balaban J connectivity index is 1.55. The minimum absolute atomic E-state index is 0.269. The molecule has 0 aromatic heterocycles. The summed E-state index contributed by atoms with van der Waals surface area (Å²) in [5.41, 5.74) is 0.952. The molecule has 1 N–H and O–H groups in total. The van der Waals surface area contributed by atoms with Crippen molar-refractivity contribution in [1.29, 1.82) is 0 Å². The fraction of sp³-hybridized carbons (Fsp3) is 0.476.